The third-order valence-electron chi connectivity index (χ3n) is 1.65. The van der Waals surface area contributed by atoms with Gasteiger partial charge < -0.3 is 0 Å². The van der Waals surface area contributed by atoms with Crippen molar-refractivity contribution < 1.29 is 0 Å². The highest BCUT2D eigenvalue weighted by Crippen LogP contribution is 2.68. The highest BCUT2D eigenvalue weighted by Gasteiger charge is 2.63. The molecule has 0 fully saturated rings. The van der Waals surface area contributed by atoms with Gasteiger partial charge in [0.15, 0.2) is 2.14 Å². The average Bonchev–Trinajstić information content (AvgIpc) is 2.01. The van der Waals surface area contributed by atoms with Gasteiger partial charge in [0.1, 0.15) is 9.70 Å². The van der Waals surface area contributed by atoms with Crippen LogP contribution in [0, 0.1) is 0 Å². The highest BCUT2D eigenvalue weighted by atomic mass is 80.0. The third-order valence-corrected chi connectivity index (χ3v) is 18.1. The molecule has 15 heavy (non-hydrogen) atoms. The van der Waals surface area contributed by atoms with Gasteiger partial charge in [0.05, 0.1) is 0 Å². The van der Waals surface area contributed by atoms with Gasteiger partial charge in [-0.1, -0.05) is 150 Å². The number of hydrogen-bond donors (Lipinski definition) is 0. The molecule has 0 unspecified atom stereocenters. The Labute approximate surface area is 165 Å². The number of rotatable bonds is 3. The van der Waals surface area contributed by atoms with Crippen molar-refractivity contribution in [3.05, 3.63) is 0 Å². The van der Waals surface area contributed by atoms with Crippen LogP contribution in [0.25, 0.3) is 0 Å². The predicted octanol–water partition coefficient (Wildman–Crippen LogP) is 7.69. The molecular formula is C6H5Br9. The van der Waals surface area contributed by atoms with Crippen LogP contribution in [0.3, 0.4) is 0 Å². The van der Waals surface area contributed by atoms with Gasteiger partial charge in [0.2, 0.25) is 0 Å². The Hall–Kier alpha value is 4.32. The molecule has 0 aromatic rings. The van der Waals surface area contributed by atoms with Gasteiger partial charge in [-0.05, 0) is 6.42 Å². The molecule has 0 saturated heterocycles. The maximum Gasteiger partial charge on any atom is 0.162 e. The molecule has 0 atom stereocenters. The van der Waals surface area contributed by atoms with Gasteiger partial charge in [0, 0.05) is 0 Å². The second kappa shape index (κ2) is 6.39. The molecule has 0 radical (unpaired) electrons. The summed E-state index contributed by atoms with van der Waals surface area (Å²) in [6.07, 6.45) is 0.853. The summed E-state index contributed by atoms with van der Waals surface area (Å²) in [6.45, 7) is 2.06. The zero-order valence-electron chi connectivity index (χ0n) is 7.11. The molecule has 9 heteroatoms. The lowest BCUT2D eigenvalue weighted by Crippen LogP contribution is -2.53. The fourth-order valence-electron chi connectivity index (χ4n) is 0.630. The van der Waals surface area contributed by atoms with E-state index in [0.717, 1.165) is 6.42 Å². The summed E-state index contributed by atoms with van der Waals surface area (Å²) < 4.78 is -1.98. The Morgan fingerprint density at radius 3 is 1.20 bits per heavy atom. The molecule has 0 rings (SSSR count). The molecule has 0 aliphatic rings. The molecule has 0 aromatic carbocycles. The molecule has 0 saturated carbocycles. The summed E-state index contributed by atoms with van der Waals surface area (Å²) in [5.41, 5.74) is 0. The maximum absolute atomic E-state index is 3.66. The zero-order chi connectivity index (χ0) is 12.7. The van der Waals surface area contributed by atoms with Crippen LogP contribution in [0.15, 0.2) is 0 Å². The first-order chi connectivity index (χ1) is 6.31. The van der Waals surface area contributed by atoms with Crippen LogP contribution in [0.2, 0.25) is 0 Å². The minimum atomic E-state index is -0.566. The lowest BCUT2D eigenvalue weighted by molar-refractivity contribution is 0.684. The van der Waals surface area contributed by atoms with Crippen molar-refractivity contribution in [3.8, 4) is 0 Å². The Morgan fingerprint density at radius 2 is 1.00 bits per heavy atom. The summed E-state index contributed by atoms with van der Waals surface area (Å²) in [4.78, 5) is 0. The van der Waals surface area contributed by atoms with Crippen molar-refractivity contribution in [2.75, 3.05) is 0 Å². The van der Waals surface area contributed by atoms with E-state index in [2.05, 4.69) is 150 Å². The molecule has 0 aliphatic carbocycles. The van der Waals surface area contributed by atoms with E-state index in [1.807, 2.05) is 0 Å². The topological polar surface area (TPSA) is 0 Å². The molecule has 0 N–H and O–H groups in total. The Balaban J connectivity index is 5.38. The molecule has 92 valence electrons. The van der Waals surface area contributed by atoms with Crippen LogP contribution >= 0.6 is 143 Å². The van der Waals surface area contributed by atoms with Gasteiger partial charge >= 0.3 is 0 Å². The van der Waals surface area contributed by atoms with Crippen molar-refractivity contribution in [1.29, 1.82) is 0 Å². The minimum absolute atomic E-state index is 0.347. The summed E-state index contributed by atoms with van der Waals surface area (Å²) in [5, 5.41) is 0. The quantitative estimate of drug-likeness (QED) is 0.257. The molecule has 0 heterocycles. The summed E-state index contributed by atoms with van der Waals surface area (Å²) in [5.74, 6) is 0. The third kappa shape index (κ3) is 4.14. The van der Waals surface area contributed by atoms with Crippen molar-refractivity contribution in [2.24, 2.45) is 0 Å². The number of alkyl halides is 9. The predicted molar refractivity (Wildman–Crippen MR) is 102 cm³/mol. The lowest BCUT2D eigenvalue weighted by Gasteiger charge is -2.46. The number of hydrogen-bond acceptors (Lipinski definition) is 0. The van der Waals surface area contributed by atoms with Crippen LogP contribution < -0.4 is 0 Å². The largest absolute Gasteiger partial charge is 0.162 e. The second-order valence-corrected chi connectivity index (χ2v) is 20.1. The van der Waals surface area contributed by atoms with Gasteiger partial charge in [0.25, 0.3) is 0 Å². The Morgan fingerprint density at radius 1 is 0.667 bits per heavy atom. The first-order valence-corrected chi connectivity index (χ1v) is 10.6. The van der Waals surface area contributed by atoms with Crippen molar-refractivity contribution in [3.63, 3.8) is 0 Å². The van der Waals surface area contributed by atoms with Gasteiger partial charge in [-0.25, -0.2) is 0 Å². The van der Waals surface area contributed by atoms with E-state index in [1.165, 1.54) is 0 Å². The SMILES string of the molecule is CCC(Br)(Br)C(Br)(Br)C(Br)(Br)C(Br)(Br)Br. The zero-order valence-corrected chi connectivity index (χ0v) is 21.4. The van der Waals surface area contributed by atoms with E-state index in [-0.39, 0.29) is 3.23 Å². The Kier molecular flexibility index (Phi) is 8.23. The summed E-state index contributed by atoms with van der Waals surface area (Å²) in [6, 6.07) is 0. The van der Waals surface area contributed by atoms with Crippen LogP contribution in [0.5, 0.6) is 0 Å². The number of halogens is 9. The molecule has 0 amide bonds. The second-order valence-electron chi connectivity index (χ2n) is 2.70. The van der Waals surface area contributed by atoms with Gasteiger partial charge in [-0.15, -0.1) is 0 Å². The van der Waals surface area contributed by atoms with E-state index in [0.29, 0.717) is 0 Å². The average molecular weight is 796 g/mol. The van der Waals surface area contributed by atoms with E-state index < -0.39 is 8.61 Å². The van der Waals surface area contributed by atoms with E-state index in [4.69, 9.17) is 0 Å². The van der Waals surface area contributed by atoms with Crippen molar-refractivity contribution >= 4 is 143 Å². The first kappa shape index (κ1) is 19.3. The molecule has 0 aromatic heterocycles. The van der Waals surface area contributed by atoms with E-state index in [1.54, 1.807) is 0 Å². The fraction of sp³-hybridized carbons (Fsp3) is 1.00. The summed E-state index contributed by atoms with van der Waals surface area (Å²) in [7, 11) is 0. The normalized spacial score (nSPS) is 15.6. The van der Waals surface area contributed by atoms with E-state index in [9.17, 15) is 0 Å². The molecule has 0 spiro atoms. The smallest absolute Gasteiger partial charge is 0.0701 e. The monoisotopic (exact) mass is 787 g/mol. The minimum Gasteiger partial charge on any atom is -0.0701 e. The van der Waals surface area contributed by atoms with Crippen molar-refractivity contribution in [2.45, 2.75) is 25.2 Å². The van der Waals surface area contributed by atoms with Crippen LogP contribution in [-0.2, 0) is 0 Å². The maximum atomic E-state index is 3.66. The molecule has 0 bridgehead atoms. The van der Waals surface area contributed by atoms with Crippen LogP contribution in [0.4, 0.5) is 0 Å². The molecular weight excluding hydrogens is 791 g/mol. The molecule has 0 aliphatic heterocycles. The lowest BCUT2D eigenvalue weighted by atomic mass is 10.2. The van der Waals surface area contributed by atoms with Gasteiger partial charge in [-0.3, -0.25) is 0 Å². The van der Waals surface area contributed by atoms with E-state index >= 15 is 0 Å². The first-order valence-electron chi connectivity index (χ1n) is 3.51. The Bertz CT molecular complexity index is 225. The highest BCUT2D eigenvalue weighted by molar-refractivity contribution is 9.42. The molecule has 0 nitrogen and oxygen atoms in total. The summed E-state index contributed by atoms with van der Waals surface area (Å²) >= 11 is 32.3. The van der Waals surface area contributed by atoms with Crippen LogP contribution in [0.1, 0.15) is 13.3 Å². The fourth-order valence-corrected chi connectivity index (χ4v) is 6.61. The van der Waals surface area contributed by atoms with Crippen molar-refractivity contribution in [1.82, 2.24) is 0 Å². The standard InChI is InChI=1S/C6H5Br9/c1-2-3(7,8)4(9,10)5(11,12)6(13,14)15/h2H2,1H3. The van der Waals surface area contributed by atoms with Crippen LogP contribution in [-0.4, -0.2) is 11.8 Å². The van der Waals surface area contributed by atoms with Gasteiger partial charge in [-0.2, -0.15) is 0 Å².